The molecule has 4 aromatic heterocycles. The van der Waals surface area contributed by atoms with Crippen LogP contribution in [0.1, 0.15) is 20.2 Å². The maximum atomic E-state index is 5.17. The predicted octanol–water partition coefficient (Wildman–Crippen LogP) is 1.93. The maximum Gasteiger partial charge on any atom is 0.205 e. The maximum absolute atomic E-state index is 5.17. The van der Waals surface area contributed by atoms with Crippen LogP contribution in [0.25, 0.3) is 28.1 Å². The summed E-state index contributed by atoms with van der Waals surface area (Å²) in [5, 5.41) is 13.0. The summed E-state index contributed by atoms with van der Waals surface area (Å²) in [5.41, 5.74) is 3.90. The Hall–Kier alpha value is -3.60. The van der Waals surface area contributed by atoms with Crippen LogP contribution < -0.4 is 0 Å². The van der Waals surface area contributed by atoms with Gasteiger partial charge < -0.3 is 0 Å². The summed E-state index contributed by atoms with van der Waals surface area (Å²) < 4.78 is 0. The quantitative estimate of drug-likeness (QED) is 0.520. The number of rotatable bonds is 1. The van der Waals surface area contributed by atoms with Gasteiger partial charge in [0, 0.05) is 2.85 Å². The first-order valence-corrected chi connectivity index (χ1v) is 6.57. The molecule has 0 amide bonds. The van der Waals surface area contributed by atoms with Crippen molar-refractivity contribution >= 4 is 28.1 Å². The first-order valence-electron chi connectivity index (χ1n) is 6.57. The number of hydrogen-bond acceptors (Lipinski definition) is 6. The second-order valence-electron chi connectivity index (χ2n) is 4.44. The summed E-state index contributed by atoms with van der Waals surface area (Å²) in [6.07, 6.45) is 12.7. The fourth-order valence-electron chi connectivity index (χ4n) is 1.85. The molecule has 0 fully saturated rings. The number of hydrogen-bond donors (Lipinski definition) is 2. The van der Waals surface area contributed by atoms with Crippen LogP contribution in [-0.4, -0.2) is 40.3 Å². The Bertz CT molecular complexity index is 1030. The summed E-state index contributed by atoms with van der Waals surface area (Å²) in [7, 11) is 0. The van der Waals surface area contributed by atoms with Gasteiger partial charge in [-0.1, -0.05) is 6.58 Å². The summed E-state index contributed by atoms with van der Waals surface area (Å²) in [4.78, 5) is 16.2. The number of H-pyrrole nitrogens is 2. The third-order valence-corrected chi connectivity index (χ3v) is 2.94. The topological polar surface area (TPSA) is 109 Å². The van der Waals surface area contributed by atoms with Gasteiger partial charge in [-0.2, -0.15) is 10.2 Å². The van der Waals surface area contributed by atoms with Crippen molar-refractivity contribution in [3.8, 4) is 12.3 Å². The van der Waals surface area contributed by atoms with Gasteiger partial charge in [-0.25, -0.2) is 19.9 Å². The molecule has 0 aromatic carbocycles. The van der Waals surface area contributed by atoms with Gasteiger partial charge in [0.05, 0.1) is 18.1 Å². The molecule has 0 saturated carbocycles. The highest BCUT2D eigenvalue weighted by atomic mass is 15.1. The fourth-order valence-corrected chi connectivity index (χ4v) is 1.85. The number of terminal acetylenes is 1. The molecule has 2 N–H and O–H groups in total. The van der Waals surface area contributed by atoms with E-state index in [-0.39, 0.29) is 2.85 Å². The standard InChI is InChI=1S/C8H6N4.C7H5N4.2H2/c1-3-7-10-5(2)8-6(11-7)4-9-12-8;1-2-7-8-3-6-5(10-7)4-9-11-6;;/h1,4H,2H3,(H,9,12);2-3H,1H2,(H,9,11);2*1H. The Morgan fingerprint density at radius 3 is 2.96 bits per heavy atom. The van der Waals surface area contributed by atoms with Crippen LogP contribution in [0.2, 0.25) is 0 Å². The third kappa shape index (κ3) is 2.89. The zero-order valence-corrected chi connectivity index (χ0v) is 12.2. The van der Waals surface area contributed by atoms with E-state index in [1.54, 1.807) is 18.5 Å². The largest absolute Gasteiger partial charge is 0.274 e. The second kappa shape index (κ2) is 6.03. The van der Waals surface area contributed by atoms with Crippen molar-refractivity contribution in [1.82, 2.24) is 40.3 Å². The summed E-state index contributed by atoms with van der Waals surface area (Å²) in [6.45, 7) is 5.42. The minimum absolute atomic E-state index is 0. The molecule has 0 aliphatic rings. The number of fused-ring (bicyclic) bond motifs is 2. The average Bonchev–Trinajstić information content (AvgIpc) is 3.23. The second-order valence-corrected chi connectivity index (χ2v) is 4.44. The van der Waals surface area contributed by atoms with Crippen molar-refractivity contribution in [2.75, 3.05) is 0 Å². The SMILES string of the molecule is C#Cc1nc(C)c2[nH]ncc2n1.C=Cc1ncc2[nH]n[c]c2n1.[HH].[HH]. The van der Waals surface area contributed by atoms with Gasteiger partial charge in [-0.05, 0) is 18.9 Å². The van der Waals surface area contributed by atoms with E-state index in [1.165, 1.54) is 0 Å². The van der Waals surface area contributed by atoms with E-state index in [0.29, 0.717) is 17.2 Å². The lowest BCUT2D eigenvalue weighted by molar-refractivity contribution is 1.08. The number of nitrogens with zero attached hydrogens (tertiary/aromatic N) is 6. The van der Waals surface area contributed by atoms with Gasteiger partial charge in [0.2, 0.25) is 5.82 Å². The molecule has 0 atom stereocenters. The van der Waals surface area contributed by atoms with Crippen LogP contribution in [0, 0.1) is 25.5 Å². The Labute approximate surface area is 134 Å². The molecule has 0 aliphatic carbocycles. The minimum atomic E-state index is 0. The fraction of sp³-hybridized carbons (Fsp3) is 0.0667. The van der Waals surface area contributed by atoms with Crippen LogP contribution in [-0.2, 0) is 0 Å². The van der Waals surface area contributed by atoms with E-state index in [9.17, 15) is 0 Å². The average molecular weight is 307 g/mol. The number of nitrogens with one attached hydrogen (secondary N) is 2. The molecule has 4 aromatic rings. The summed E-state index contributed by atoms with van der Waals surface area (Å²) in [5.74, 6) is 3.38. The Kier molecular flexibility index (Phi) is 3.76. The normalized spacial score (nSPS) is 10.1. The highest BCUT2D eigenvalue weighted by Crippen LogP contribution is 2.10. The molecular weight excluding hydrogens is 292 g/mol. The molecule has 115 valence electrons. The summed E-state index contributed by atoms with van der Waals surface area (Å²) in [6, 6.07) is 0. The number of aromatic nitrogens is 8. The van der Waals surface area contributed by atoms with Crippen LogP contribution >= 0.6 is 0 Å². The van der Waals surface area contributed by atoms with Crippen molar-refractivity contribution < 1.29 is 2.85 Å². The minimum Gasteiger partial charge on any atom is -0.274 e. The predicted molar refractivity (Wildman–Crippen MR) is 89.2 cm³/mol. The van der Waals surface area contributed by atoms with Crippen LogP contribution in [0.3, 0.4) is 0 Å². The van der Waals surface area contributed by atoms with E-state index in [2.05, 4.69) is 59.0 Å². The van der Waals surface area contributed by atoms with Gasteiger partial charge in [-0.15, -0.1) is 6.42 Å². The number of aromatic amines is 2. The van der Waals surface area contributed by atoms with Crippen LogP contribution in [0.4, 0.5) is 0 Å². The molecule has 8 heteroatoms. The van der Waals surface area contributed by atoms with E-state index in [1.807, 2.05) is 6.92 Å². The van der Waals surface area contributed by atoms with Crippen LogP contribution in [0.15, 0.2) is 19.0 Å². The van der Waals surface area contributed by atoms with Gasteiger partial charge in [0.1, 0.15) is 28.3 Å². The van der Waals surface area contributed by atoms with E-state index in [0.717, 1.165) is 22.2 Å². The lowest BCUT2D eigenvalue weighted by Gasteiger charge is -1.94. The Morgan fingerprint density at radius 1 is 1.30 bits per heavy atom. The van der Waals surface area contributed by atoms with Gasteiger partial charge in [0.25, 0.3) is 0 Å². The first kappa shape index (κ1) is 14.3. The summed E-state index contributed by atoms with van der Waals surface area (Å²) >= 11 is 0. The van der Waals surface area contributed by atoms with Gasteiger partial charge in [0.15, 0.2) is 5.82 Å². The number of aryl methyl sites for hydroxylation is 1. The molecule has 0 bridgehead atoms. The van der Waals surface area contributed by atoms with E-state index >= 15 is 0 Å². The monoisotopic (exact) mass is 307 g/mol. The molecule has 23 heavy (non-hydrogen) atoms. The molecule has 0 aliphatic heterocycles. The molecular formula is C15H15N8. The van der Waals surface area contributed by atoms with Gasteiger partial charge >= 0.3 is 0 Å². The Balaban J connectivity index is 0.000000232. The Morgan fingerprint density at radius 2 is 2.17 bits per heavy atom. The van der Waals surface area contributed by atoms with Crippen molar-refractivity contribution in [1.29, 1.82) is 0 Å². The third-order valence-electron chi connectivity index (χ3n) is 2.94. The van der Waals surface area contributed by atoms with Crippen molar-refractivity contribution in [2.24, 2.45) is 0 Å². The molecule has 1 radical (unpaired) electrons. The smallest absolute Gasteiger partial charge is 0.205 e. The highest BCUT2D eigenvalue weighted by Gasteiger charge is 2.03. The van der Waals surface area contributed by atoms with Crippen molar-refractivity contribution in [3.05, 3.63) is 42.5 Å². The molecule has 0 spiro atoms. The van der Waals surface area contributed by atoms with Crippen molar-refractivity contribution in [3.63, 3.8) is 0 Å². The molecule has 0 unspecified atom stereocenters. The first-order chi connectivity index (χ1) is 11.2. The van der Waals surface area contributed by atoms with Gasteiger partial charge in [-0.3, -0.25) is 10.2 Å². The van der Waals surface area contributed by atoms with Crippen molar-refractivity contribution in [2.45, 2.75) is 6.92 Å². The lowest BCUT2D eigenvalue weighted by atomic mass is 10.3. The lowest BCUT2D eigenvalue weighted by Crippen LogP contribution is -1.92. The zero-order valence-electron chi connectivity index (χ0n) is 12.2. The molecule has 8 nitrogen and oxygen atoms in total. The zero-order chi connectivity index (χ0) is 16.2. The van der Waals surface area contributed by atoms with Crippen LogP contribution in [0.5, 0.6) is 0 Å². The molecule has 4 heterocycles. The highest BCUT2D eigenvalue weighted by molar-refractivity contribution is 5.75. The molecule has 0 saturated heterocycles. The van der Waals surface area contributed by atoms with E-state index in [4.69, 9.17) is 6.42 Å². The molecule has 4 rings (SSSR count). The van der Waals surface area contributed by atoms with E-state index < -0.39 is 0 Å².